The number of carbonyl (C=O) groups excluding carboxylic acids is 3. The van der Waals surface area contributed by atoms with E-state index in [1.807, 2.05) is 0 Å². The van der Waals surface area contributed by atoms with Gasteiger partial charge in [0.05, 0.1) is 0 Å². The lowest BCUT2D eigenvalue weighted by atomic mass is 10.1. The van der Waals surface area contributed by atoms with Crippen LogP contribution in [0, 0.1) is 0 Å². The second-order valence-corrected chi connectivity index (χ2v) is 23.8. The van der Waals surface area contributed by atoms with E-state index in [1.54, 1.807) is 0 Å². The Morgan fingerprint density at radius 2 is 0.444 bits per heavy atom. The summed E-state index contributed by atoms with van der Waals surface area (Å²) in [7, 11) is 0. The molecule has 1 unspecified atom stereocenters. The highest BCUT2D eigenvalue weighted by Gasteiger charge is 2.19. The number of hydrogen-bond acceptors (Lipinski definition) is 6. The molecule has 0 N–H and O–H groups in total. The first-order valence-corrected chi connectivity index (χ1v) is 35.4. The molecule has 1 atom stereocenters. The number of rotatable bonds is 65. The number of carbonyl (C=O) groups is 3. The van der Waals surface area contributed by atoms with Crippen LogP contribution < -0.4 is 0 Å². The highest BCUT2D eigenvalue weighted by molar-refractivity contribution is 5.71. The third-order valence-corrected chi connectivity index (χ3v) is 15.7. The van der Waals surface area contributed by atoms with E-state index in [1.165, 1.54) is 244 Å². The standard InChI is InChI=1S/C75H134O6/c1-4-7-10-13-16-19-22-25-28-31-34-36-37-39-41-44-47-50-53-56-59-62-65-68-74(77)80-71-72(70-79-73(76)67-64-61-58-55-52-49-46-43-40-33-30-27-24-21-18-15-12-9-6-3)81-75(78)69-66-63-60-57-54-51-48-45-42-38-35-32-29-26-23-20-17-14-11-8-5-2/h22-23,25-27,30-32,34-35,37,39,72H,4-21,24,28-29,33,36,38,40-71H2,1-3H3/b25-22-,26-23-,30-27-,34-31-,35-32-,39-37-. The number of hydrogen-bond donors (Lipinski definition) is 0. The first kappa shape index (κ1) is 77.9. The molecule has 0 aliphatic rings. The van der Waals surface area contributed by atoms with Crippen LogP contribution in [0.3, 0.4) is 0 Å². The van der Waals surface area contributed by atoms with Crippen LogP contribution in [-0.2, 0) is 28.6 Å². The lowest BCUT2D eigenvalue weighted by molar-refractivity contribution is -0.167. The number of esters is 3. The lowest BCUT2D eigenvalue weighted by Gasteiger charge is -2.18. The first-order valence-electron chi connectivity index (χ1n) is 35.4. The molecule has 0 rings (SSSR count). The van der Waals surface area contributed by atoms with Gasteiger partial charge in [0.2, 0.25) is 0 Å². The maximum Gasteiger partial charge on any atom is 0.306 e. The van der Waals surface area contributed by atoms with E-state index in [-0.39, 0.29) is 31.1 Å². The largest absolute Gasteiger partial charge is 0.462 e. The minimum atomic E-state index is -0.784. The van der Waals surface area contributed by atoms with Gasteiger partial charge in [0.25, 0.3) is 0 Å². The van der Waals surface area contributed by atoms with Crippen molar-refractivity contribution in [2.45, 2.75) is 374 Å². The molecule has 0 heterocycles. The Kier molecular flexibility index (Phi) is 66.6. The minimum absolute atomic E-state index is 0.0786. The Hall–Kier alpha value is -3.15. The molecule has 0 aliphatic heterocycles. The topological polar surface area (TPSA) is 78.9 Å². The predicted molar refractivity (Wildman–Crippen MR) is 353 cm³/mol. The summed E-state index contributed by atoms with van der Waals surface area (Å²) in [5.74, 6) is -0.872. The molecule has 0 saturated carbocycles. The van der Waals surface area contributed by atoms with E-state index >= 15 is 0 Å². The fourth-order valence-electron chi connectivity index (χ4n) is 10.3. The molecule has 0 radical (unpaired) electrons. The molecule has 0 bridgehead atoms. The Balaban J connectivity index is 4.38. The van der Waals surface area contributed by atoms with Crippen molar-refractivity contribution < 1.29 is 28.6 Å². The first-order chi connectivity index (χ1) is 40.0. The van der Waals surface area contributed by atoms with Gasteiger partial charge in [-0.3, -0.25) is 14.4 Å². The SMILES string of the molecule is CCCCCCC/C=C\C/C=C\C/C=C\CCCCCCCCCCC(=O)OCC(COC(=O)CCCCCCCCCCC/C=C\CCCCCCCC)OC(=O)CCCCCCCCCCC/C=C\C/C=C\CCCCCCC. The summed E-state index contributed by atoms with van der Waals surface area (Å²) < 4.78 is 17.0. The van der Waals surface area contributed by atoms with E-state index in [2.05, 4.69) is 93.7 Å². The number of ether oxygens (including phenoxy) is 3. The number of allylic oxidation sites excluding steroid dienone is 12. The molecule has 0 aromatic rings. The zero-order chi connectivity index (χ0) is 58.5. The zero-order valence-corrected chi connectivity index (χ0v) is 54.1. The molecular formula is C75H134O6. The molecule has 0 fully saturated rings. The molecule has 0 aromatic heterocycles. The van der Waals surface area contributed by atoms with Crippen molar-refractivity contribution >= 4 is 17.9 Å². The van der Waals surface area contributed by atoms with Crippen LogP contribution in [0.4, 0.5) is 0 Å². The average molecular weight is 1130 g/mol. The number of unbranched alkanes of at least 4 members (excludes halogenated alkanes) is 42. The fourth-order valence-corrected chi connectivity index (χ4v) is 10.3. The summed E-state index contributed by atoms with van der Waals surface area (Å²) in [6.45, 7) is 6.66. The quantitative estimate of drug-likeness (QED) is 0.0261. The van der Waals surface area contributed by atoms with Gasteiger partial charge in [-0.05, 0) is 116 Å². The van der Waals surface area contributed by atoms with Crippen molar-refractivity contribution in [2.75, 3.05) is 13.2 Å². The van der Waals surface area contributed by atoms with Crippen molar-refractivity contribution in [3.8, 4) is 0 Å². The maximum absolute atomic E-state index is 13.0. The van der Waals surface area contributed by atoms with Crippen LogP contribution in [0.2, 0.25) is 0 Å². The molecule has 470 valence electrons. The van der Waals surface area contributed by atoms with Crippen LogP contribution in [0.1, 0.15) is 367 Å². The van der Waals surface area contributed by atoms with Crippen LogP contribution in [0.5, 0.6) is 0 Å². The van der Waals surface area contributed by atoms with Gasteiger partial charge in [0, 0.05) is 19.3 Å². The van der Waals surface area contributed by atoms with Gasteiger partial charge >= 0.3 is 17.9 Å². The predicted octanol–water partition coefficient (Wildman–Crippen LogP) is 24.4. The summed E-state index contributed by atoms with van der Waals surface area (Å²) in [6, 6.07) is 0. The van der Waals surface area contributed by atoms with Gasteiger partial charge in [0.1, 0.15) is 13.2 Å². The molecule has 0 spiro atoms. The summed E-state index contributed by atoms with van der Waals surface area (Å²) in [6.07, 6.45) is 90.5. The molecule has 6 heteroatoms. The highest BCUT2D eigenvalue weighted by Crippen LogP contribution is 2.17. The monoisotopic (exact) mass is 1130 g/mol. The van der Waals surface area contributed by atoms with E-state index in [9.17, 15) is 14.4 Å². The van der Waals surface area contributed by atoms with Gasteiger partial charge < -0.3 is 14.2 Å². The van der Waals surface area contributed by atoms with Gasteiger partial charge in [-0.2, -0.15) is 0 Å². The zero-order valence-electron chi connectivity index (χ0n) is 54.1. The van der Waals surface area contributed by atoms with Crippen molar-refractivity contribution in [1.29, 1.82) is 0 Å². The highest BCUT2D eigenvalue weighted by atomic mass is 16.6. The molecular weight excluding hydrogens is 997 g/mol. The van der Waals surface area contributed by atoms with Crippen LogP contribution >= 0.6 is 0 Å². The smallest absolute Gasteiger partial charge is 0.306 e. The lowest BCUT2D eigenvalue weighted by Crippen LogP contribution is -2.30. The van der Waals surface area contributed by atoms with Crippen LogP contribution in [0.25, 0.3) is 0 Å². The van der Waals surface area contributed by atoms with Gasteiger partial charge in [-0.1, -0.05) is 306 Å². The third kappa shape index (κ3) is 67.5. The van der Waals surface area contributed by atoms with Crippen molar-refractivity contribution in [3.05, 3.63) is 72.9 Å². The summed E-state index contributed by atoms with van der Waals surface area (Å²) in [4.78, 5) is 38.5. The van der Waals surface area contributed by atoms with Gasteiger partial charge in [0.15, 0.2) is 6.10 Å². The molecule has 0 amide bonds. The second-order valence-electron chi connectivity index (χ2n) is 23.8. The van der Waals surface area contributed by atoms with E-state index in [4.69, 9.17) is 14.2 Å². The molecule has 81 heavy (non-hydrogen) atoms. The summed E-state index contributed by atoms with van der Waals surface area (Å²) >= 11 is 0. The van der Waals surface area contributed by atoms with Crippen LogP contribution in [-0.4, -0.2) is 37.2 Å². The molecule has 6 nitrogen and oxygen atoms in total. The van der Waals surface area contributed by atoms with Crippen molar-refractivity contribution in [2.24, 2.45) is 0 Å². The summed E-state index contributed by atoms with van der Waals surface area (Å²) in [5.41, 5.74) is 0. The Morgan fingerprint density at radius 1 is 0.247 bits per heavy atom. The molecule has 0 aromatic carbocycles. The minimum Gasteiger partial charge on any atom is -0.462 e. The van der Waals surface area contributed by atoms with Gasteiger partial charge in [-0.15, -0.1) is 0 Å². The van der Waals surface area contributed by atoms with Crippen molar-refractivity contribution in [1.82, 2.24) is 0 Å². The second kappa shape index (κ2) is 69.3. The van der Waals surface area contributed by atoms with E-state index in [0.29, 0.717) is 19.3 Å². The molecule has 0 saturated heterocycles. The van der Waals surface area contributed by atoms with E-state index in [0.717, 1.165) is 83.5 Å². The van der Waals surface area contributed by atoms with Gasteiger partial charge in [-0.25, -0.2) is 0 Å². The maximum atomic E-state index is 13.0. The van der Waals surface area contributed by atoms with Crippen LogP contribution in [0.15, 0.2) is 72.9 Å². The van der Waals surface area contributed by atoms with Crippen molar-refractivity contribution in [3.63, 3.8) is 0 Å². The van der Waals surface area contributed by atoms with E-state index < -0.39 is 6.10 Å². The molecule has 0 aliphatic carbocycles. The average Bonchev–Trinajstić information content (AvgIpc) is 3.47. The Bertz CT molecular complexity index is 1490. The fraction of sp³-hybridized carbons (Fsp3) is 0.800. The third-order valence-electron chi connectivity index (χ3n) is 15.7. The normalized spacial score (nSPS) is 12.5. The Labute approximate surface area is 503 Å². The Morgan fingerprint density at radius 3 is 0.704 bits per heavy atom. The summed E-state index contributed by atoms with van der Waals surface area (Å²) in [5, 5.41) is 0.